The summed E-state index contributed by atoms with van der Waals surface area (Å²) in [6.07, 6.45) is -0.737. The maximum atomic E-state index is 10.5. The molecule has 1 N–H and O–H groups in total. The first-order valence-corrected chi connectivity index (χ1v) is 6.87. The second-order valence-electron chi connectivity index (χ2n) is 5.06. The number of nitrogens with zero attached hydrogens (tertiary/aromatic N) is 1. The number of para-hydroxylation sites is 1. The molecule has 2 aromatic carbocycles. The number of aliphatic hydroxyl groups is 1. The second kappa shape index (κ2) is 5.54. The van der Waals surface area contributed by atoms with Crippen LogP contribution in [-0.4, -0.2) is 17.2 Å². The quantitative estimate of drug-likeness (QED) is 0.796. The predicted octanol–water partition coefficient (Wildman–Crippen LogP) is 3.63. The largest absolute Gasteiger partial charge is 0.497 e. The molecule has 0 fully saturated rings. The van der Waals surface area contributed by atoms with Gasteiger partial charge in [0.15, 0.2) is 0 Å². The first kappa shape index (κ1) is 13.6. The van der Waals surface area contributed by atoms with Crippen molar-refractivity contribution in [2.75, 3.05) is 7.11 Å². The lowest BCUT2D eigenvalue weighted by Crippen LogP contribution is -2.03. The highest BCUT2D eigenvalue weighted by Crippen LogP contribution is 2.26. The van der Waals surface area contributed by atoms with E-state index < -0.39 is 6.10 Å². The van der Waals surface area contributed by atoms with Gasteiger partial charge in [-0.2, -0.15) is 0 Å². The van der Waals surface area contributed by atoms with Crippen LogP contribution >= 0.6 is 0 Å². The molecule has 0 aliphatic heterocycles. The van der Waals surface area contributed by atoms with Gasteiger partial charge >= 0.3 is 0 Å². The van der Waals surface area contributed by atoms with Crippen LogP contribution in [0.3, 0.4) is 0 Å². The van der Waals surface area contributed by atoms with Gasteiger partial charge in [0.1, 0.15) is 11.9 Å². The molecule has 1 atom stereocenters. The Balaban J connectivity index is 2.02. The molecule has 3 nitrogen and oxygen atoms in total. The molecular weight excluding hydrogens is 262 g/mol. The van der Waals surface area contributed by atoms with Gasteiger partial charge in [0, 0.05) is 5.39 Å². The first-order chi connectivity index (χ1) is 10.2. The molecule has 3 aromatic rings. The minimum atomic E-state index is -0.737. The Kier molecular flexibility index (Phi) is 3.59. The normalized spacial score (nSPS) is 12.3. The molecule has 0 spiro atoms. The average Bonchev–Trinajstić information content (AvgIpc) is 2.54. The number of pyridine rings is 1. The van der Waals surface area contributed by atoms with Crippen LogP contribution in [0.1, 0.15) is 22.9 Å². The van der Waals surface area contributed by atoms with Gasteiger partial charge < -0.3 is 9.84 Å². The van der Waals surface area contributed by atoms with E-state index in [-0.39, 0.29) is 0 Å². The number of aliphatic hydroxyl groups excluding tert-OH is 1. The Morgan fingerprint density at radius 2 is 1.76 bits per heavy atom. The summed E-state index contributed by atoms with van der Waals surface area (Å²) in [6, 6.07) is 17.3. The fraction of sp³-hybridized carbons (Fsp3) is 0.167. The highest BCUT2D eigenvalue weighted by Gasteiger charge is 2.13. The fourth-order valence-corrected chi connectivity index (χ4v) is 2.47. The SMILES string of the molecule is COc1ccc(C(O)c2cc(C)c3ccccc3n2)cc1. The lowest BCUT2D eigenvalue weighted by Gasteiger charge is -2.13. The molecule has 3 rings (SSSR count). The van der Waals surface area contributed by atoms with Crippen molar-refractivity contribution >= 4 is 10.9 Å². The minimum Gasteiger partial charge on any atom is -0.497 e. The lowest BCUT2D eigenvalue weighted by atomic mass is 10.0. The van der Waals surface area contributed by atoms with Crippen molar-refractivity contribution < 1.29 is 9.84 Å². The van der Waals surface area contributed by atoms with E-state index >= 15 is 0 Å². The predicted molar refractivity (Wildman–Crippen MR) is 83.5 cm³/mol. The van der Waals surface area contributed by atoms with Crippen LogP contribution in [0.2, 0.25) is 0 Å². The summed E-state index contributed by atoms with van der Waals surface area (Å²) >= 11 is 0. The Morgan fingerprint density at radius 3 is 2.48 bits per heavy atom. The van der Waals surface area contributed by atoms with Crippen molar-refractivity contribution in [3.63, 3.8) is 0 Å². The maximum absolute atomic E-state index is 10.5. The summed E-state index contributed by atoms with van der Waals surface area (Å²) in [5, 5.41) is 11.7. The van der Waals surface area contributed by atoms with Gasteiger partial charge in [0.2, 0.25) is 0 Å². The fourth-order valence-electron chi connectivity index (χ4n) is 2.47. The van der Waals surface area contributed by atoms with Gasteiger partial charge in [0.05, 0.1) is 18.3 Å². The number of fused-ring (bicyclic) bond motifs is 1. The lowest BCUT2D eigenvalue weighted by molar-refractivity contribution is 0.215. The van der Waals surface area contributed by atoms with Crippen molar-refractivity contribution in [1.82, 2.24) is 4.98 Å². The molecule has 0 aliphatic rings. The zero-order valence-corrected chi connectivity index (χ0v) is 12.1. The smallest absolute Gasteiger partial charge is 0.121 e. The Hall–Kier alpha value is -2.39. The van der Waals surface area contributed by atoms with E-state index in [0.717, 1.165) is 27.8 Å². The van der Waals surface area contributed by atoms with Crippen LogP contribution in [0.4, 0.5) is 0 Å². The van der Waals surface area contributed by atoms with Gasteiger partial charge in [-0.25, -0.2) is 4.98 Å². The third-order valence-corrected chi connectivity index (χ3v) is 3.65. The molecule has 0 saturated heterocycles. The Labute approximate surface area is 123 Å². The van der Waals surface area contributed by atoms with Gasteiger partial charge in [0.25, 0.3) is 0 Å². The zero-order valence-electron chi connectivity index (χ0n) is 12.1. The van der Waals surface area contributed by atoms with E-state index in [9.17, 15) is 5.11 Å². The van der Waals surface area contributed by atoms with Crippen molar-refractivity contribution in [1.29, 1.82) is 0 Å². The number of rotatable bonds is 3. The average molecular weight is 279 g/mol. The maximum Gasteiger partial charge on any atom is 0.121 e. The number of hydrogen-bond donors (Lipinski definition) is 1. The summed E-state index contributed by atoms with van der Waals surface area (Å²) in [6.45, 7) is 2.04. The van der Waals surface area contributed by atoms with Crippen LogP contribution in [0, 0.1) is 6.92 Å². The zero-order chi connectivity index (χ0) is 14.8. The van der Waals surface area contributed by atoms with E-state index in [1.54, 1.807) is 7.11 Å². The van der Waals surface area contributed by atoms with Crippen molar-refractivity contribution in [3.05, 3.63) is 71.4 Å². The van der Waals surface area contributed by atoms with Crippen molar-refractivity contribution in [3.8, 4) is 5.75 Å². The summed E-state index contributed by atoms with van der Waals surface area (Å²) in [4.78, 5) is 4.57. The highest BCUT2D eigenvalue weighted by molar-refractivity contribution is 5.82. The van der Waals surface area contributed by atoms with Crippen LogP contribution < -0.4 is 4.74 Å². The van der Waals surface area contributed by atoms with E-state index in [4.69, 9.17) is 4.74 Å². The van der Waals surface area contributed by atoms with E-state index in [0.29, 0.717) is 5.69 Å². The number of methoxy groups -OCH3 is 1. The number of hydrogen-bond acceptors (Lipinski definition) is 3. The Bertz CT molecular complexity index is 766. The molecule has 106 valence electrons. The van der Waals surface area contributed by atoms with Crippen LogP contribution in [0.15, 0.2) is 54.6 Å². The van der Waals surface area contributed by atoms with Crippen LogP contribution in [-0.2, 0) is 0 Å². The summed E-state index contributed by atoms with van der Waals surface area (Å²) in [7, 11) is 1.62. The Morgan fingerprint density at radius 1 is 1.05 bits per heavy atom. The summed E-state index contributed by atoms with van der Waals surface area (Å²) in [5.74, 6) is 0.772. The first-order valence-electron chi connectivity index (χ1n) is 6.87. The molecule has 0 saturated carbocycles. The van der Waals surface area contributed by atoms with E-state index in [1.807, 2.05) is 61.5 Å². The number of aromatic nitrogens is 1. The van der Waals surface area contributed by atoms with Crippen molar-refractivity contribution in [2.24, 2.45) is 0 Å². The topological polar surface area (TPSA) is 42.4 Å². The van der Waals surface area contributed by atoms with Gasteiger partial charge in [-0.3, -0.25) is 0 Å². The molecule has 0 amide bonds. The molecule has 1 aromatic heterocycles. The molecule has 1 unspecified atom stereocenters. The minimum absolute atomic E-state index is 0.663. The highest BCUT2D eigenvalue weighted by atomic mass is 16.5. The van der Waals surface area contributed by atoms with E-state index in [1.165, 1.54) is 0 Å². The molecule has 0 bridgehead atoms. The molecule has 21 heavy (non-hydrogen) atoms. The van der Waals surface area contributed by atoms with Gasteiger partial charge in [-0.15, -0.1) is 0 Å². The summed E-state index contributed by atoms with van der Waals surface area (Å²) in [5.41, 5.74) is 3.48. The van der Waals surface area contributed by atoms with Gasteiger partial charge in [-0.05, 0) is 42.3 Å². The van der Waals surface area contributed by atoms with Crippen LogP contribution in [0.5, 0.6) is 5.75 Å². The van der Waals surface area contributed by atoms with Gasteiger partial charge in [-0.1, -0.05) is 30.3 Å². The molecule has 0 radical (unpaired) electrons. The number of benzene rings is 2. The monoisotopic (exact) mass is 279 g/mol. The van der Waals surface area contributed by atoms with Crippen LogP contribution in [0.25, 0.3) is 10.9 Å². The number of ether oxygens (including phenoxy) is 1. The third-order valence-electron chi connectivity index (χ3n) is 3.65. The molecule has 3 heteroatoms. The van der Waals surface area contributed by atoms with E-state index in [2.05, 4.69) is 4.98 Å². The number of aryl methyl sites for hydroxylation is 1. The molecular formula is C18H17NO2. The second-order valence-corrected chi connectivity index (χ2v) is 5.06. The molecule has 1 heterocycles. The third kappa shape index (κ3) is 2.60. The molecule has 0 aliphatic carbocycles. The standard InChI is InChI=1S/C18H17NO2/c1-12-11-17(19-16-6-4-3-5-15(12)16)18(20)13-7-9-14(21-2)10-8-13/h3-11,18,20H,1-2H3. The van der Waals surface area contributed by atoms with Crippen molar-refractivity contribution in [2.45, 2.75) is 13.0 Å². The summed E-state index contributed by atoms with van der Waals surface area (Å²) < 4.78 is 5.13.